The van der Waals surface area contributed by atoms with Crippen LogP contribution in [-0.2, 0) is 0 Å². The van der Waals surface area contributed by atoms with Crippen LogP contribution in [0.4, 0.5) is 0 Å². The summed E-state index contributed by atoms with van der Waals surface area (Å²) in [6, 6.07) is 8.61. The number of aliphatic hydroxyl groups is 1. The van der Waals surface area contributed by atoms with Crippen LogP contribution in [-0.4, -0.2) is 17.3 Å². The van der Waals surface area contributed by atoms with Gasteiger partial charge >= 0.3 is 0 Å². The minimum absolute atomic E-state index is 0.305. The summed E-state index contributed by atoms with van der Waals surface area (Å²) in [7, 11) is 0. The summed E-state index contributed by atoms with van der Waals surface area (Å²) >= 11 is 3.43. The first-order valence-electron chi connectivity index (χ1n) is 5.63. The zero-order valence-electron chi connectivity index (χ0n) is 10.1. The molecule has 1 aromatic carbocycles. The minimum Gasteiger partial charge on any atom is -0.389 e. The van der Waals surface area contributed by atoms with Crippen LogP contribution in [0.5, 0.6) is 0 Å². The second kappa shape index (κ2) is 5.80. The number of hydrogen-bond donors (Lipinski definition) is 2. The van der Waals surface area contributed by atoms with E-state index in [1.54, 1.807) is 0 Å². The summed E-state index contributed by atoms with van der Waals surface area (Å²) < 4.78 is 1.09. The van der Waals surface area contributed by atoms with Crippen molar-refractivity contribution in [2.45, 2.75) is 38.8 Å². The molecule has 0 aliphatic heterocycles. The van der Waals surface area contributed by atoms with Gasteiger partial charge in [-0.1, -0.05) is 35.0 Å². The van der Waals surface area contributed by atoms with Crippen LogP contribution in [0.15, 0.2) is 28.7 Å². The highest BCUT2D eigenvalue weighted by Crippen LogP contribution is 2.19. The van der Waals surface area contributed by atoms with Gasteiger partial charge in [0.2, 0.25) is 0 Å². The third-order valence-corrected chi connectivity index (χ3v) is 2.99. The molecule has 1 unspecified atom stereocenters. The summed E-state index contributed by atoms with van der Waals surface area (Å²) in [5.41, 5.74) is 0.595. The Balaban J connectivity index is 2.64. The van der Waals surface area contributed by atoms with Gasteiger partial charge in [0.05, 0.1) is 5.60 Å². The first kappa shape index (κ1) is 13.7. The van der Waals surface area contributed by atoms with E-state index < -0.39 is 5.60 Å². The molecular weight excluding hydrogens is 266 g/mol. The van der Waals surface area contributed by atoms with E-state index in [-0.39, 0.29) is 0 Å². The molecule has 1 atom stereocenters. The predicted octanol–water partition coefficient (Wildman–Crippen LogP) is 3.26. The third kappa shape index (κ3) is 4.64. The lowest BCUT2D eigenvalue weighted by molar-refractivity contribution is 0.0762. The third-order valence-electron chi connectivity index (χ3n) is 2.46. The van der Waals surface area contributed by atoms with E-state index >= 15 is 0 Å². The van der Waals surface area contributed by atoms with E-state index in [2.05, 4.69) is 40.3 Å². The molecule has 0 saturated carbocycles. The molecule has 0 spiro atoms. The van der Waals surface area contributed by atoms with Crippen molar-refractivity contribution in [1.29, 1.82) is 0 Å². The van der Waals surface area contributed by atoms with Gasteiger partial charge in [0.1, 0.15) is 0 Å². The molecule has 0 fully saturated rings. The molecule has 0 aliphatic rings. The van der Waals surface area contributed by atoms with Gasteiger partial charge in [-0.2, -0.15) is 0 Å². The fourth-order valence-corrected chi connectivity index (χ4v) is 1.83. The maximum atomic E-state index is 9.68. The Labute approximate surface area is 106 Å². The Morgan fingerprint density at radius 1 is 1.31 bits per heavy atom. The number of nitrogens with one attached hydrogen (secondary N) is 1. The molecule has 1 rings (SSSR count). The van der Waals surface area contributed by atoms with Crippen molar-refractivity contribution in [2.75, 3.05) is 6.54 Å². The Morgan fingerprint density at radius 3 is 2.31 bits per heavy atom. The van der Waals surface area contributed by atoms with E-state index in [1.165, 1.54) is 5.56 Å². The second-order valence-corrected chi connectivity index (χ2v) is 5.62. The van der Waals surface area contributed by atoms with Gasteiger partial charge in [0.15, 0.2) is 0 Å². The molecule has 0 bridgehead atoms. The van der Waals surface area contributed by atoms with Crippen molar-refractivity contribution in [1.82, 2.24) is 5.32 Å². The van der Waals surface area contributed by atoms with Gasteiger partial charge in [-0.25, -0.2) is 0 Å². The topological polar surface area (TPSA) is 32.3 Å². The van der Waals surface area contributed by atoms with Crippen LogP contribution in [0.1, 0.15) is 38.8 Å². The van der Waals surface area contributed by atoms with Gasteiger partial charge in [-0.3, -0.25) is 0 Å². The Hall–Kier alpha value is -0.380. The molecule has 0 aromatic heterocycles. The largest absolute Gasteiger partial charge is 0.389 e. The van der Waals surface area contributed by atoms with Crippen molar-refractivity contribution < 1.29 is 5.11 Å². The molecule has 1 aromatic rings. The van der Waals surface area contributed by atoms with Crippen LogP contribution in [0.2, 0.25) is 0 Å². The fraction of sp³-hybridized carbons (Fsp3) is 0.538. The molecule has 0 heterocycles. The highest BCUT2D eigenvalue weighted by Gasteiger charge is 2.15. The Bertz CT molecular complexity index is 316. The van der Waals surface area contributed by atoms with E-state index in [9.17, 15) is 5.11 Å². The zero-order chi connectivity index (χ0) is 12.2. The van der Waals surface area contributed by atoms with Crippen molar-refractivity contribution in [3.63, 3.8) is 0 Å². The molecule has 0 amide bonds. The number of halogens is 1. The normalized spacial score (nSPS) is 13.8. The zero-order valence-corrected chi connectivity index (χ0v) is 11.7. The molecule has 90 valence electrons. The summed E-state index contributed by atoms with van der Waals surface area (Å²) in [4.78, 5) is 0. The van der Waals surface area contributed by atoms with Crippen LogP contribution in [0.25, 0.3) is 0 Å². The van der Waals surface area contributed by atoms with E-state index in [1.807, 2.05) is 26.0 Å². The van der Waals surface area contributed by atoms with Crippen LogP contribution in [0.3, 0.4) is 0 Å². The fourth-order valence-electron chi connectivity index (χ4n) is 1.57. The number of rotatable bonds is 5. The van der Waals surface area contributed by atoms with Gasteiger partial charge in [0.25, 0.3) is 0 Å². The highest BCUT2D eigenvalue weighted by molar-refractivity contribution is 9.10. The molecule has 3 heteroatoms. The van der Waals surface area contributed by atoms with Crippen molar-refractivity contribution >= 4 is 15.9 Å². The molecule has 0 saturated heterocycles. The summed E-state index contributed by atoms with van der Waals surface area (Å²) in [5.74, 6) is 0. The maximum Gasteiger partial charge on any atom is 0.0715 e. The standard InChI is InChI=1S/C13H20BrNO/c1-4-12(15-9-13(2,3)16)10-5-7-11(14)8-6-10/h5-8,12,15-16H,4,9H2,1-3H3. The molecular formula is C13H20BrNO. The molecule has 16 heavy (non-hydrogen) atoms. The second-order valence-electron chi connectivity index (χ2n) is 4.71. The predicted molar refractivity (Wildman–Crippen MR) is 71.5 cm³/mol. The highest BCUT2D eigenvalue weighted by atomic mass is 79.9. The first-order valence-corrected chi connectivity index (χ1v) is 6.43. The van der Waals surface area contributed by atoms with E-state index in [0.717, 1.165) is 10.9 Å². The lowest BCUT2D eigenvalue weighted by Gasteiger charge is -2.23. The van der Waals surface area contributed by atoms with Crippen molar-refractivity contribution in [3.8, 4) is 0 Å². The van der Waals surface area contributed by atoms with Crippen molar-refractivity contribution in [2.24, 2.45) is 0 Å². The minimum atomic E-state index is -0.664. The quantitative estimate of drug-likeness (QED) is 0.870. The summed E-state index contributed by atoms with van der Waals surface area (Å²) in [6.07, 6.45) is 1.01. The smallest absolute Gasteiger partial charge is 0.0715 e. The van der Waals surface area contributed by atoms with Crippen LogP contribution < -0.4 is 5.32 Å². The Morgan fingerprint density at radius 2 is 1.88 bits per heavy atom. The Kier molecular flexibility index (Phi) is 4.96. The molecule has 0 radical (unpaired) electrons. The maximum absolute atomic E-state index is 9.68. The first-order chi connectivity index (χ1) is 7.42. The van der Waals surface area contributed by atoms with Crippen LogP contribution >= 0.6 is 15.9 Å². The van der Waals surface area contributed by atoms with Gasteiger partial charge in [-0.05, 0) is 38.0 Å². The number of hydrogen-bond acceptors (Lipinski definition) is 2. The molecule has 2 nitrogen and oxygen atoms in total. The lowest BCUT2D eigenvalue weighted by Crippen LogP contribution is -2.36. The van der Waals surface area contributed by atoms with E-state index in [4.69, 9.17) is 0 Å². The summed E-state index contributed by atoms with van der Waals surface area (Å²) in [6.45, 7) is 6.37. The average Bonchev–Trinajstić information content (AvgIpc) is 2.20. The monoisotopic (exact) mass is 285 g/mol. The van der Waals surface area contributed by atoms with Gasteiger partial charge in [0, 0.05) is 17.1 Å². The van der Waals surface area contributed by atoms with Gasteiger partial charge in [-0.15, -0.1) is 0 Å². The van der Waals surface area contributed by atoms with Crippen molar-refractivity contribution in [3.05, 3.63) is 34.3 Å². The molecule has 0 aliphatic carbocycles. The van der Waals surface area contributed by atoms with E-state index in [0.29, 0.717) is 12.6 Å². The van der Waals surface area contributed by atoms with Gasteiger partial charge < -0.3 is 10.4 Å². The van der Waals surface area contributed by atoms with Crippen LogP contribution in [0, 0.1) is 0 Å². The summed E-state index contributed by atoms with van der Waals surface area (Å²) in [5, 5.41) is 13.1. The molecule has 2 N–H and O–H groups in total. The SMILES string of the molecule is CCC(NCC(C)(C)O)c1ccc(Br)cc1. The number of benzene rings is 1. The lowest BCUT2D eigenvalue weighted by atomic mass is 10.0. The average molecular weight is 286 g/mol.